The van der Waals surface area contributed by atoms with Gasteiger partial charge >= 0.3 is 12.1 Å². The highest BCUT2D eigenvalue weighted by atomic mass is 16.6. The maximum Gasteiger partial charge on any atom is 0.412 e. The Labute approximate surface area is 67.6 Å². The van der Waals surface area contributed by atoms with Crippen LogP contribution in [0.15, 0.2) is 5.10 Å². The summed E-state index contributed by atoms with van der Waals surface area (Å²) in [4.78, 5) is 30.3. The third-order valence-corrected chi connectivity index (χ3v) is 0.859. The molecule has 0 heterocycles. The summed E-state index contributed by atoms with van der Waals surface area (Å²) < 4.78 is 3.96. The second-order valence-electron chi connectivity index (χ2n) is 1.79. The number of nitrogens with one attached hydrogen (secondary N) is 1. The smallest absolute Gasteiger partial charge is 0.375 e. The number of primary amides is 1. The number of hydrazone groups is 1. The van der Waals surface area contributed by atoms with Crippen molar-refractivity contribution in [2.75, 3.05) is 0 Å². The number of hydrogen-bond donors (Lipinski definition) is 2. The van der Waals surface area contributed by atoms with Gasteiger partial charge in [-0.3, -0.25) is 5.43 Å². The number of esters is 1. The average Bonchev–Trinajstić information content (AvgIpc) is 1.98. The van der Waals surface area contributed by atoms with Crippen molar-refractivity contribution in [2.24, 2.45) is 10.8 Å². The van der Waals surface area contributed by atoms with E-state index in [-0.39, 0.29) is 0 Å². The van der Waals surface area contributed by atoms with E-state index >= 15 is 0 Å². The molecule has 0 aromatic heterocycles. The lowest BCUT2D eigenvalue weighted by molar-refractivity contribution is -0.138. The minimum Gasteiger partial charge on any atom is -0.375 e. The van der Waals surface area contributed by atoms with Crippen molar-refractivity contribution < 1.29 is 19.1 Å². The Morgan fingerprint density at radius 3 is 2.67 bits per heavy atom. The highest BCUT2D eigenvalue weighted by molar-refractivity contribution is 5.86. The second-order valence-corrected chi connectivity index (χ2v) is 1.79. The highest BCUT2D eigenvalue weighted by Crippen LogP contribution is 1.86. The quantitative estimate of drug-likeness (QED) is 0.184. The molecule has 0 aliphatic rings. The third kappa shape index (κ3) is 4.02. The van der Waals surface area contributed by atoms with Gasteiger partial charge in [0.1, 0.15) is 6.04 Å². The molecule has 0 aliphatic heterocycles. The van der Waals surface area contributed by atoms with Crippen molar-refractivity contribution in [3.63, 3.8) is 0 Å². The van der Waals surface area contributed by atoms with E-state index in [2.05, 4.69) is 21.0 Å². The molecule has 0 radical (unpaired) electrons. The van der Waals surface area contributed by atoms with Crippen molar-refractivity contribution in [3.05, 3.63) is 0 Å². The monoisotopic (exact) mass is 173 g/mol. The third-order valence-electron chi connectivity index (χ3n) is 0.859. The Balaban J connectivity index is 3.92. The predicted molar refractivity (Wildman–Crippen MR) is 36.4 cm³/mol. The van der Waals surface area contributed by atoms with E-state index in [1.54, 1.807) is 0 Å². The Kier molecular flexibility index (Phi) is 4.10. The summed E-state index contributed by atoms with van der Waals surface area (Å²) in [6, 6.07) is -0.918. The van der Waals surface area contributed by atoms with Gasteiger partial charge in [0.05, 0.1) is 0 Å². The van der Waals surface area contributed by atoms with Gasteiger partial charge in [0, 0.05) is 0 Å². The fraction of sp³-hybridized carbons (Fsp3) is 0.400. The van der Waals surface area contributed by atoms with Crippen LogP contribution in [0, 0.1) is 0 Å². The van der Waals surface area contributed by atoms with Crippen LogP contribution in [0.5, 0.6) is 0 Å². The Hall–Kier alpha value is -1.88. The van der Waals surface area contributed by atoms with Crippen LogP contribution in [0.25, 0.3) is 0 Å². The molecule has 1 atom stereocenters. The van der Waals surface area contributed by atoms with Crippen molar-refractivity contribution in [1.82, 2.24) is 5.43 Å². The largest absolute Gasteiger partial charge is 0.412 e. The molecule has 0 aliphatic carbocycles. The first-order valence-corrected chi connectivity index (χ1v) is 2.91. The Morgan fingerprint density at radius 2 is 2.25 bits per heavy atom. The molecule has 0 fully saturated rings. The molecule has 7 nitrogen and oxygen atoms in total. The van der Waals surface area contributed by atoms with E-state index in [1.165, 1.54) is 6.92 Å². The SMILES string of the molecule is CC(NN=C=O)C(=O)OC(N)=O. The van der Waals surface area contributed by atoms with E-state index in [0.29, 0.717) is 0 Å². The number of amides is 1. The minimum absolute atomic E-state index is 0.915. The molecule has 0 rings (SSSR count). The number of carbonyl (C=O) groups excluding carboxylic acids is 3. The molecule has 12 heavy (non-hydrogen) atoms. The predicted octanol–water partition coefficient (Wildman–Crippen LogP) is -1.16. The zero-order valence-electron chi connectivity index (χ0n) is 6.23. The first-order chi connectivity index (χ1) is 5.57. The van der Waals surface area contributed by atoms with E-state index in [4.69, 9.17) is 0 Å². The van der Waals surface area contributed by atoms with E-state index in [0.717, 1.165) is 6.08 Å². The maximum absolute atomic E-state index is 10.7. The molecule has 0 spiro atoms. The van der Waals surface area contributed by atoms with Crippen LogP contribution in [0.4, 0.5) is 4.79 Å². The maximum atomic E-state index is 10.7. The molecule has 0 aromatic rings. The van der Waals surface area contributed by atoms with Crippen molar-refractivity contribution in [1.29, 1.82) is 0 Å². The van der Waals surface area contributed by atoms with Crippen LogP contribution in [-0.2, 0) is 14.3 Å². The van der Waals surface area contributed by atoms with E-state index in [1.807, 2.05) is 0 Å². The summed E-state index contributed by atoms with van der Waals surface area (Å²) in [6.45, 7) is 1.34. The first kappa shape index (κ1) is 10.1. The van der Waals surface area contributed by atoms with Gasteiger partial charge in [-0.2, -0.15) is 0 Å². The standard InChI is InChI=1S/C5H7N3O4/c1-3(8-7-2-9)4(10)12-5(6)11/h3,8H,1H3,(H2,6,11). The average molecular weight is 173 g/mol. The van der Waals surface area contributed by atoms with Crippen molar-refractivity contribution in [2.45, 2.75) is 13.0 Å². The Bertz CT molecular complexity index is 233. The molecule has 1 amide bonds. The van der Waals surface area contributed by atoms with Crippen LogP contribution in [0.2, 0.25) is 0 Å². The normalized spacial score (nSPS) is 10.8. The second kappa shape index (κ2) is 4.86. The molecule has 66 valence electrons. The van der Waals surface area contributed by atoms with Crippen LogP contribution in [0.3, 0.4) is 0 Å². The summed E-state index contributed by atoms with van der Waals surface area (Å²) in [7, 11) is 0. The Morgan fingerprint density at radius 1 is 1.67 bits per heavy atom. The summed E-state index contributed by atoms with van der Waals surface area (Å²) in [5.41, 5.74) is 6.60. The van der Waals surface area contributed by atoms with Gasteiger partial charge < -0.3 is 10.5 Å². The number of isocyanates is 1. The summed E-state index contributed by atoms with van der Waals surface area (Å²) in [6.07, 6.45) is -0.0581. The number of carbonyl (C=O) groups is 2. The molecule has 1 unspecified atom stereocenters. The lowest BCUT2D eigenvalue weighted by Gasteiger charge is -2.05. The highest BCUT2D eigenvalue weighted by Gasteiger charge is 2.15. The van der Waals surface area contributed by atoms with Crippen molar-refractivity contribution in [3.8, 4) is 0 Å². The van der Waals surface area contributed by atoms with E-state index < -0.39 is 18.1 Å². The van der Waals surface area contributed by atoms with Gasteiger partial charge in [-0.1, -0.05) is 5.10 Å². The number of hydrogen-bond acceptors (Lipinski definition) is 6. The molecule has 0 saturated heterocycles. The van der Waals surface area contributed by atoms with Crippen LogP contribution < -0.4 is 11.2 Å². The molecule has 7 heteroatoms. The first-order valence-electron chi connectivity index (χ1n) is 2.91. The van der Waals surface area contributed by atoms with E-state index in [9.17, 15) is 14.4 Å². The lowest BCUT2D eigenvalue weighted by Crippen LogP contribution is -2.34. The number of rotatable bonds is 3. The molecular weight excluding hydrogens is 166 g/mol. The molecule has 0 bridgehead atoms. The molecule has 0 aromatic carbocycles. The summed E-state index contributed by atoms with van der Waals surface area (Å²) >= 11 is 0. The lowest BCUT2D eigenvalue weighted by atomic mass is 10.4. The molecular formula is C5H7N3O4. The van der Waals surface area contributed by atoms with Crippen LogP contribution >= 0.6 is 0 Å². The molecule has 3 N–H and O–H groups in total. The van der Waals surface area contributed by atoms with Gasteiger partial charge in [0.15, 0.2) is 0 Å². The number of nitrogens with two attached hydrogens (primary N) is 1. The van der Waals surface area contributed by atoms with Gasteiger partial charge in [-0.15, -0.1) is 0 Å². The fourth-order valence-corrected chi connectivity index (χ4v) is 0.363. The van der Waals surface area contributed by atoms with Gasteiger partial charge in [-0.25, -0.2) is 14.4 Å². The number of ether oxygens (including phenoxy) is 1. The topological polar surface area (TPSA) is 111 Å². The summed E-state index contributed by atoms with van der Waals surface area (Å²) in [5, 5.41) is 2.89. The van der Waals surface area contributed by atoms with Gasteiger partial charge in [0.25, 0.3) is 6.08 Å². The van der Waals surface area contributed by atoms with Crippen LogP contribution in [0.1, 0.15) is 6.92 Å². The fourth-order valence-electron chi connectivity index (χ4n) is 0.363. The zero-order chi connectivity index (χ0) is 9.56. The zero-order valence-corrected chi connectivity index (χ0v) is 6.23. The molecule has 0 saturated carbocycles. The van der Waals surface area contributed by atoms with Crippen molar-refractivity contribution >= 4 is 18.1 Å². The summed E-state index contributed by atoms with van der Waals surface area (Å²) in [5.74, 6) is -0.915. The minimum atomic E-state index is -1.20. The van der Waals surface area contributed by atoms with Gasteiger partial charge in [-0.05, 0) is 6.92 Å². The number of nitrogens with zero attached hydrogens (tertiary/aromatic N) is 1. The van der Waals surface area contributed by atoms with Crippen LogP contribution in [-0.4, -0.2) is 24.2 Å². The van der Waals surface area contributed by atoms with Gasteiger partial charge in [0.2, 0.25) is 0 Å².